The summed E-state index contributed by atoms with van der Waals surface area (Å²) in [5, 5.41) is 8.49. The molecular formula is C13H18ClN5O. The van der Waals surface area contributed by atoms with Crippen molar-refractivity contribution >= 4 is 12.4 Å². The first-order valence-corrected chi connectivity index (χ1v) is 6.83. The van der Waals surface area contributed by atoms with Crippen LogP contribution in [-0.4, -0.2) is 19.9 Å². The topological polar surface area (TPSA) is 82.8 Å². The van der Waals surface area contributed by atoms with E-state index in [1.807, 2.05) is 11.7 Å². The van der Waals surface area contributed by atoms with Crippen molar-refractivity contribution in [2.75, 3.05) is 0 Å². The molecule has 2 fully saturated rings. The van der Waals surface area contributed by atoms with Gasteiger partial charge in [-0.05, 0) is 38.2 Å². The first kappa shape index (κ1) is 13.6. The zero-order valence-electron chi connectivity index (χ0n) is 11.4. The van der Waals surface area contributed by atoms with Gasteiger partial charge in [-0.3, -0.25) is 4.68 Å². The second kappa shape index (κ2) is 4.56. The third-order valence-corrected chi connectivity index (χ3v) is 4.25. The molecule has 7 heteroatoms. The average molecular weight is 296 g/mol. The molecule has 0 atom stereocenters. The molecule has 0 aromatic carbocycles. The van der Waals surface area contributed by atoms with Crippen LogP contribution in [0.3, 0.4) is 0 Å². The smallest absolute Gasteiger partial charge is 0.278 e. The number of rotatable bonds is 3. The Morgan fingerprint density at radius 1 is 1.40 bits per heavy atom. The molecule has 2 aromatic heterocycles. The Labute approximate surface area is 123 Å². The van der Waals surface area contributed by atoms with E-state index in [4.69, 9.17) is 10.3 Å². The van der Waals surface area contributed by atoms with Gasteiger partial charge in [0.15, 0.2) is 11.5 Å². The number of hydrogen-bond donors (Lipinski definition) is 1. The summed E-state index contributed by atoms with van der Waals surface area (Å²) in [5.41, 5.74) is 7.83. The lowest BCUT2D eigenvalue weighted by molar-refractivity contribution is 0.229. The van der Waals surface area contributed by atoms with Gasteiger partial charge in [0.25, 0.3) is 5.89 Å². The van der Waals surface area contributed by atoms with Crippen LogP contribution in [0.25, 0.3) is 11.6 Å². The van der Waals surface area contributed by atoms with Gasteiger partial charge >= 0.3 is 0 Å². The Bertz CT molecular complexity index is 626. The van der Waals surface area contributed by atoms with Crippen LogP contribution in [0.1, 0.15) is 49.5 Å². The molecule has 2 aromatic rings. The van der Waals surface area contributed by atoms with Gasteiger partial charge in [-0.15, -0.1) is 12.4 Å². The summed E-state index contributed by atoms with van der Waals surface area (Å²) in [6.07, 6.45) is 5.50. The maximum Gasteiger partial charge on any atom is 0.278 e. The molecular weight excluding hydrogens is 278 g/mol. The second-order valence-electron chi connectivity index (χ2n) is 5.79. The van der Waals surface area contributed by atoms with E-state index in [1.165, 1.54) is 18.5 Å². The van der Waals surface area contributed by atoms with Crippen molar-refractivity contribution in [1.82, 2.24) is 19.9 Å². The van der Waals surface area contributed by atoms with Gasteiger partial charge in [-0.25, -0.2) is 0 Å². The van der Waals surface area contributed by atoms with Crippen LogP contribution >= 0.6 is 12.4 Å². The minimum absolute atomic E-state index is 0. The van der Waals surface area contributed by atoms with E-state index >= 15 is 0 Å². The van der Waals surface area contributed by atoms with Crippen molar-refractivity contribution in [3.05, 3.63) is 17.6 Å². The van der Waals surface area contributed by atoms with Gasteiger partial charge in [0.1, 0.15) is 0 Å². The van der Waals surface area contributed by atoms with Gasteiger partial charge in [0, 0.05) is 18.7 Å². The summed E-state index contributed by atoms with van der Waals surface area (Å²) in [7, 11) is 1.96. The standard InChI is InChI=1S/C13H17N5O.ClH/c1-18-10(8-3-4-8)7-9(16-18)11-15-12(17-19-11)13(14)5-2-6-13;/h7-8H,2-6,14H2,1H3;1H. The average Bonchev–Trinajstić information content (AvgIpc) is 2.94. The van der Waals surface area contributed by atoms with Crippen LogP contribution in [0.15, 0.2) is 10.6 Å². The zero-order chi connectivity index (χ0) is 13.0. The summed E-state index contributed by atoms with van der Waals surface area (Å²) >= 11 is 0. The summed E-state index contributed by atoms with van der Waals surface area (Å²) in [5.74, 6) is 1.75. The molecule has 2 saturated carbocycles. The fourth-order valence-electron chi connectivity index (χ4n) is 2.66. The number of aromatic nitrogens is 4. The highest BCUT2D eigenvalue weighted by Crippen LogP contribution is 2.41. The molecule has 20 heavy (non-hydrogen) atoms. The number of hydrogen-bond acceptors (Lipinski definition) is 5. The highest BCUT2D eigenvalue weighted by Gasteiger charge is 2.39. The zero-order valence-corrected chi connectivity index (χ0v) is 12.2. The van der Waals surface area contributed by atoms with E-state index in [-0.39, 0.29) is 17.9 Å². The predicted molar refractivity (Wildman–Crippen MR) is 75.4 cm³/mol. The van der Waals surface area contributed by atoms with E-state index < -0.39 is 0 Å². The summed E-state index contributed by atoms with van der Waals surface area (Å²) in [4.78, 5) is 4.43. The van der Waals surface area contributed by atoms with Crippen LogP contribution in [0.4, 0.5) is 0 Å². The minimum Gasteiger partial charge on any atom is -0.332 e. The van der Waals surface area contributed by atoms with Gasteiger partial charge in [0.05, 0.1) is 5.54 Å². The lowest BCUT2D eigenvalue weighted by Gasteiger charge is -2.34. The third kappa shape index (κ3) is 2.03. The molecule has 6 nitrogen and oxygen atoms in total. The molecule has 0 saturated heterocycles. The van der Waals surface area contributed by atoms with Gasteiger partial charge < -0.3 is 10.3 Å². The van der Waals surface area contributed by atoms with Crippen LogP contribution in [0.2, 0.25) is 0 Å². The monoisotopic (exact) mass is 295 g/mol. The maximum absolute atomic E-state index is 6.20. The lowest BCUT2D eigenvalue weighted by Crippen LogP contribution is -2.44. The Balaban J connectivity index is 0.00000121. The van der Waals surface area contributed by atoms with Crippen molar-refractivity contribution in [2.45, 2.75) is 43.6 Å². The highest BCUT2D eigenvalue weighted by molar-refractivity contribution is 5.85. The van der Waals surface area contributed by atoms with Gasteiger partial charge in [0.2, 0.25) is 0 Å². The molecule has 4 rings (SSSR count). The Kier molecular flexibility index (Phi) is 3.10. The van der Waals surface area contributed by atoms with Crippen LogP contribution in [0.5, 0.6) is 0 Å². The largest absolute Gasteiger partial charge is 0.332 e. The highest BCUT2D eigenvalue weighted by atomic mass is 35.5. The molecule has 0 aliphatic heterocycles. The molecule has 0 unspecified atom stereocenters. The summed E-state index contributed by atoms with van der Waals surface area (Å²) in [6, 6.07) is 2.05. The number of nitrogens with zero attached hydrogens (tertiary/aromatic N) is 4. The normalized spacial score (nSPS) is 20.3. The third-order valence-electron chi connectivity index (χ3n) is 4.25. The molecule has 108 valence electrons. The molecule has 0 bridgehead atoms. The van der Waals surface area contributed by atoms with E-state index in [0.717, 1.165) is 25.0 Å². The fraction of sp³-hybridized carbons (Fsp3) is 0.615. The minimum atomic E-state index is -0.379. The summed E-state index contributed by atoms with van der Waals surface area (Å²) < 4.78 is 7.24. The van der Waals surface area contributed by atoms with Crippen LogP contribution < -0.4 is 5.73 Å². The molecule has 2 aliphatic rings. The van der Waals surface area contributed by atoms with E-state index in [2.05, 4.69) is 21.3 Å². The van der Waals surface area contributed by atoms with Crippen LogP contribution in [-0.2, 0) is 12.6 Å². The molecule has 0 amide bonds. The van der Waals surface area contributed by atoms with Crippen molar-refractivity contribution in [3.63, 3.8) is 0 Å². The molecule has 2 heterocycles. The maximum atomic E-state index is 6.20. The quantitative estimate of drug-likeness (QED) is 0.937. The van der Waals surface area contributed by atoms with Gasteiger partial charge in [-0.1, -0.05) is 5.16 Å². The number of aryl methyl sites for hydroxylation is 1. The molecule has 0 radical (unpaired) electrons. The Morgan fingerprint density at radius 3 is 2.75 bits per heavy atom. The molecule has 0 spiro atoms. The van der Waals surface area contributed by atoms with E-state index in [0.29, 0.717) is 17.6 Å². The molecule has 2 aliphatic carbocycles. The van der Waals surface area contributed by atoms with E-state index in [9.17, 15) is 0 Å². The van der Waals surface area contributed by atoms with Crippen molar-refractivity contribution in [1.29, 1.82) is 0 Å². The van der Waals surface area contributed by atoms with Crippen molar-refractivity contribution < 1.29 is 4.52 Å². The number of nitrogens with two attached hydrogens (primary N) is 1. The van der Waals surface area contributed by atoms with Crippen molar-refractivity contribution in [3.8, 4) is 11.6 Å². The lowest BCUT2D eigenvalue weighted by atomic mass is 9.77. The van der Waals surface area contributed by atoms with Gasteiger partial charge in [-0.2, -0.15) is 10.1 Å². The Morgan fingerprint density at radius 2 is 2.15 bits per heavy atom. The predicted octanol–water partition coefficient (Wildman–Crippen LogP) is 2.11. The first-order chi connectivity index (χ1) is 9.16. The number of halogens is 1. The Hall–Kier alpha value is -1.40. The van der Waals surface area contributed by atoms with E-state index in [1.54, 1.807) is 0 Å². The second-order valence-corrected chi connectivity index (χ2v) is 5.79. The molecule has 2 N–H and O–H groups in total. The summed E-state index contributed by atoms with van der Waals surface area (Å²) in [6.45, 7) is 0. The van der Waals surface area contributed by atoms with Crippen molar-refractivity contribution in [2.24, 2.45) is 12.8 Å². The first-order valence-electron chi connectivity index (χ1n) is 6.83. The SMILES string of the molecule is Cl.Cn1nc(-c2nc(C3(N)CCC3)no2)cc1C1CC1. The van der Waals surface area contributed by atoms with Crippen LogP contribution in [0, 0.1) is 0 Å². The fourth-order valence-corrected chi connectivity index (χ4v) is 2.66.